The lowest BCUT2D eigenvalue weighted by atomic mass is 10.1. The van der Waals surface area contributed by atoms with Crippen molar-refractivity contribution in [3.05, 3.63) is 35.4 Å². The molecule has 0 saturated carbocycles. The van der Waals surface area contributed by atoms with Gasteiger partial charge < -0.3 is 9.80 Å². The first kappa shape index (κ1) is 20.6. The van der Waals surface area contributed by atoms with E-state index in [2.05, 4.69) is 0 Å². The number of amides is 2. The molecular formula is C18H23F3N2O2S. The van der Waals surface area contributed by atoms with Gasteiger partial charge in [-0.05, 0) is 23.6 Å². The van der Waals surface area contributed by atoms with Gasteiger partial charge in [-0.1, -0.05) is 26.0 Å². The van der Waals surface area contributed by atoms with Crippen LogP contribution in [-0.4, -0.2) is 47.5 Å². The minimum atomic E-state index is -4.38. The summed E-state index contributed by atoms with van der Waals surface area (Å²) in [5.41, 5.74) is -0.0499. The zero-order valence-corrected chi connectivity index (χ0v) is 15.9. The second-order valence-electron chi connectivity index (χ2n) is 6.78. The van der Waals surface area contributed by atoms with E-state index >= 15 is 0 Å². The predicted molar refractivity (Wildman–Crippen MR) is 95.4 cm³/mol. The SMILES string of the molecule is CC(C)CC(=O)N(C)CCN1C(=O)CS[C@@H]1c1ccc(C(F)(F)F)cc1. The van der Waals surface area contributed by atoms with Crippen LogP contribution in [0.5, 0.6) is 0 Å². The Morgan fingerprint density at radius 3 is 2.46 bits per heavy atom. The fraction of sp³-hybridized carbons (Fsp3) is 0.556. The highest BCUT2D eigenvalue weighted by molar-refractivity contribution is 8.00. The molecule has 4 nitrogen and oxygen atoms in total. The van der Waals surface area contributed by atoms with Gasteiger partial charge in [0.15, 0.2) is 0 Å². The fourth-order valence-corrected chi connectivity index (χ4v) is 3.92. The number of benzene rings is 1. The normalized spacial score (nSPS) is 17.9. The first-order valence-corrected chi connectivity index (χ1v) is 9.46. The van der Waals surface area contributed by atoms with Crippen LogP contribution in [0.25, 0.3) is 0 Å². The third-order valence-corrected chi connectivity index (χ3v) is 5.43. The van der Waals surface area contributed by atoms with Crippen LogP contribution in [-0.2, 0) is 15.8 Å². The predicted octanol–water partition coefficient (Wildman–Crippen LogP) is 3.78. The van der Waals surface area contributed by atoms with E-state index in [1.54, 1.807) is 16.8 Å². The van der Waals surface area contributed by atoms with Crippen molar-refractivity contribution < 1.29 is 22.8 Å². The van der Waals surface area contributed by atoms with Crippen LogP contribution in [0.15, 0.2) is 24.3 Å². The van der Waals surface area contributed by atoms with E-state index in [0.29, 0.717) is 25.1 Å². The molecule has 1 fully saturated rings. The molecule has 0 radical (unpaired) electrons. The number of rotatable bonds is 6. The van der Waals surface area contributed by atoms with E-state index in [1.807, 2.05) is 13.8 Å². The zero-order valence-electron chi connectivity index (χ0n) is 15.0. The topological polar surface area (TPSA) is 40.6 Å². The van der Waals surface area contributed by atoms with Crippen molar-refractivity contribution in [3.63, 3.8) is 0 Å². The molecule has 1 aliphatic rings. The molecule has 2 amide bonds. The summed E-state index contributed by atoms with van der Waals surface area (Å²) in [6.45, 7) is 4.69. The van der Waals surface area contributed by atoms with Crippen molar-refractivity contribution in [1.29, 1.82) is 0 Å². The van der Waals surface area contributed by atoms with Gasteiger partial charge in [-0.3, -0.25) is 9.59 Å². The summed E-state index contributed by atoms with van der Waals surface area (Å²) in [5.74, 6) is 0.499. The first-order chi connectivity index (χ1) is 12.1. The third kappa shape index (κ3) is 5.16. The maximum Gasteiger partial charge on any atom is 0.416 e. The van der Waals surface area contributed by atoms with Crippen LogP contribution < -0.4 is 0 Å². The van der Waals surface area contributed by atoms with Gasteiger partial charge in [0, 0.05) is 26.6 Å². The summed E-state index contributed by atoms with van der Waals surface area (Å²) in [6, 6.07) is 4.91. The van der Waals surface area contributed by atoms with Gasteiger partial charge in [-0.25, -0.2) is 0 Å². The summed E-state index contributed by atoms with van der Waals surface area (Å²) in [4.78, 5) is 27.4. The number of thioether (sulfide) groups is 1. The average molecular weight is 388 g/mol. The second-order valence-corrected chi connectivity index (χ2v) is 7.85. The molecule has 1 aliphatic heterocycles. The van der Waals surface area contributed by atoms with Crippen molar-refractivity contribution >= 4 is 23.6 Å². The molecule has 144 valence electrons. The number of likely N-dealkylation sites (N-methyl/N-ethyl adjacent to an activating group) is 1. The Bertz CT molecular complexity index is 647. The largest absolute Gasteiger partial charge is 0.416 e. The lowest BCUT2D eigenvalue weighted by Gasteiger charge is -2.27. The number of nitrogens with zero attached hydrogens (tertiary/aromatic N) is 2. The van der Waals surface area contributed by atoms with Crippen molar-refractivity contribution in [3.8, 4) is 0 Å². The maximum atomic E-state index is 12.7. The lowest BCUT2D eigenvalue weighted by Crippen LogP contribution is -2.38. The minimum absolute atomic E-state index is 0.0189. The summed E-state index contributed by atoms with van der Waals surface area (Å²) in [7, 11) is 1.70. The van der Waals surface area contributed by atoms with Crippen molar-refractivity contribution in [1.82, 2.24) is 9.80 Å². The van der Waals surface area contributed by atoms with Crippen molar-refractivity contribution in [2.75, 3.05) is 25.9 Å². The quantitative estimate of drug-likeness (QED) is 0.745. The Balaban J connectivity index is 2.03. The Kier molecular flexibility index (Phi) is 6.60. The number of alkyl halides is 3. The molecule has 0 aromatic heterocycles. The molecule has 0 bridgehead atoms. The summed E-state index contributed by atoms with van der Waals surface area (Å²) in [5, 5.41) is -0.321. The molecule has 0 spiro atoms. The molecule has 26 heavy (non-hydrogen) atoms. The molecule has 0 aliphatic carbocycles. The average Bonchev–Trinajstić information content (AvgIpc) is 2.92. The molecule has 1 heterocycles. The van der Waals surface area contributed by atoms with Gasteiger partial charge in [0.1, 0.15) is 5.37 Å². The molecule has 0 unspecified atom stereocenters. The van der Waals surface area contributed by atoms with Crippen molar-refractivity contribution in [2.24, 2.45) is 5.92 Å². The Morgan fingerprint density at radius 2 is 1.92 bits per heavy atom. The Labute approximate surface area is 155 Å². The Morgan fingerprint density at radius 1 is 1.31 bits per heavy atom. The summed E-state index contributed by atoms with van der Waals surface area (Å²) in [6.07, 6.45) is -3.93. The van der Waals surface area contributed by atoms with Gasteiger partial charge in [0.25, 0.3) is 0 Å². The van der Waals surface area contributed by atoms with Gasteiger partial charge in [0.2, 0.25) is 11.8 Å². The fourth-order valence-electron chi connectivity index (χ4n) is 2.70. The lowest BCUT2D eigenvalue weighted by molar-refractivity contribution is -0.137. The van der Waals surface area contributed by atoms with Gasteiger partial charge >= 0.3 is 6.18 Å². The standard InChI is InChI=1S/C18H23F3N2O2S/c1-12(2)10-15(24)22(3)8-9-23-16(25)11-26-17(23)13-4-6-14(7-5-13)18(19,20)21/h4-7,12,17H,8-11H2,1-3H3/t17-/m1/s1. The van der Waals surface area contributed by atoms with E-state index in [1.165, 1.54) is 23.9 Å². The molecule has 1 saturated heterocycles. The molecule has 1 atom stereocenters. The Hall–Kier alpha value is -1.70. The molecular weight excluding hydrogens is 365 g/mol. The monoisotopic (exact) mass is 388 g/mol. The second kappa shape index (κ2) is 8.33. The van der Waals surface area contributed by atoms with E-state index in [4.69, 9.17) is 0 Å². The highest BCUT2D eigenvalue weighted by atomic mass is 32.2. The van der Waals surface area contributed by atoms with Gasteiger partial charge in [-0.2, -0.15) is 13.2 Å². The van der Waals surface area contributed by atoms with Crippen LogP contribution in [0.1, 0.15) is 36.8 Å². The van der Waals surface area contributed by atoms with Crippen LogP contribution in [0.4, 0.5) is 13.2 Å². The van der Waals surface area contributed by atoms with Gasteiger partial charge in [0.05, 0.1) is 11.3 Å². The van der Waals surface area contributed by atoms with E-state index in [0.717, 1.165) is 12.1 Å². The number of carbonyl (C=O) groups excluding carboxylic acids is 2. The van der Waals surface area contributed by atoms with Crippen LogP contribution in [0.2, 0.25) is 0 Å². The smallest absolute Gasteiger partial charge is 0.344 e. The van der Waals surface area contributed by atoms with Crippen molar-refractivity contribution in [2.45, 2.75) is 31.8 Å². The highest BCUT2D eigenvalue weighted by Crippen LogP contribution is 2.39. The molecule has 1 aromatic carbocycles. The van der Waals surface area contributed by atoms with Crippen LogP contribution in [0.3, 0.4) is 0 Å². The summed E-state index contributed by atoms with van der Waals surface area (Å²) >= 11 is 1.39. The molecule has 0 N–H and O–H groups in total. The molecule has 8 heteroatoms. The first-order valence-electron chi connectivity index (χ1n) is 8.41. The van der Waals surface area contributed by atoms with E-state index in [9.17, 15) is 22.8 Å². The maximum absolute atomic E-state index is 12.7. The molecule has 1 aromatic rings. The zero-order chi connectivity index (χ0) is 19.5. The summed E-state index contributed by atoms with van der Waals surface area (Å²) < 4.78 is 38.1. The number of hydrogen-bond donors (Lipinski definition) is 0. The van der Waals surface area contributed by atoms with Crippen LogP contribution >= 0.6 is 11.8 Å². The number of hydrogen-bond acceptors (Lipinski definition) is 3. The minimum Gasteiger partial charge on any atom is -0.344 e. The number of halogens is 3. The van der Waals surface area contributed by atoms with Gasteiger partial charge in [-0.15, -0.1) is 11.8 Å². The van der Waals surface area contributed by atoms with Crippen LogP contribution in [0, 0.1) is 5.92 Å². The molecule has 2 rings (SSSR count). The van der Waals surface area contributed by atoms with E-state index < -0.39 is 11.7 Å². The highest BCUT2D eigenvalue weighted by Gasteiger charge is 2.34. The number of carbonyl (C=O) groups is 2. The van der Waals surface area contributed by atoms with E-state index in [-0.39, 0.29) is 28.9 Å². The third-order valence-electron chi connectivity index (χ3n) is 4.18.